The molecular formula is C18H22N2O3. The van der Waals surface area contributed by atoms with Crippen LogP contribution in [0.25, 0.3) is 0 Å². The van der Waals surface area contributed by atoms with Crippen LogP contribution in [-0.4, -0.2) is 52.1 Å². The molecule has 23 heavy (non-hydrogen) atoms. The van der Waals surface area contributed by atoms with Gasteiger partial charge >= 0.3 is 0 Å². The summed E-state index contributed by atoms with van der Waals surface area (Å²) in [5.74, 6) is -0.134. The van der Waals surface area contributed by atoms with Crippen molar-refractivity contribution in [2.75, 3.05) is 19.8 Å². The minimum atomic E-state index is -0.531. The van der Waals surface area contributed by atoms with Gasteiger partial charge in [-0.25, -0.2) is 0 Å². The zero-order valence-corrected chi connectivity index (χ0v) is 13.2. The highest BCUT2D eigenvalue weighted by atomic mass is 16.3. The summed E-state index contributed by atoms with van der Waals surface area (Å²) < 4.78 is 0. The number of carbonyl (C=O) groups excluding carboxylic acids is 2. The molecule has 1 aliphatic carbocycles. The van der Waals surface area contributed by atoms with Crippen LogP contribution in [0.3, 0.4) is 0 Å². The maximum Gasteiger partial charge on any atom is 0.262 e. The minimum absolute atomic E-state index is 0.199. The van der Waals surface area contributed by atoms with Gasteiger partial charge in [0.2, 0.25) is 0 Å². The van der Waals surface area contributed by atoms with Gasteiger partial charge in [0.05, 0.1) is 23.4 Å². The van der Waals surface area contributed by atoms with Gasteiger partial charge in [0, 0.05) is 19.0 Å². The summed E-state index contributed by atoms with van der Waals surface area (Å²) in [4.78, 5) is 28.4. The average Bonchev–Trinajstić information content (AvgIpc) is 2.80. The first kappa shape index (κ1) is 14.8. The maximum absolute atomic E-state index is 12.5. The number of imide groups is 1. The van der Waals surface area contributed by atoms with E-state index in [1.165, 1.54) is 4.90 Å². The van der Waals surface area contributed by atoms with E-state index < -0.39 is 5.60 Å². The average molecular weight is 314 g/mol. The Balaban J connectivity index is 1.48. The lowest BCUT2D eigenvalue weighted by Crippen LogP contribution is -2.55. The zero-order chi connectivity index (χ0) is 16.0. The molecule has 122 valence electrons. The van der Waals surface area contributed by atoms with Gasteiger partial charge in [-0.15, -0.1) is 0 Å². The van der Waals surface area contributed by atoms with Crippen molar-refractivity contribution < 1.29 is 14.7 Å². The van der Waals surface area contributed by atoms with Crippen LogP contribution in [0.5, 0.6) is 0 Å². The van der Waals surface area contributed by atoms with E-state index in [4.69, 9.17) is 0 Å². The molecule has 5 heteroatoms. The Hall–Kier alpha value is -1.72. The first-order valence-electron chi connectivity index (χ1n) is 8.48. The number of rotatable bonds is 2. The standard InChI is InChI=1S/C18H22N2O3/c21-16-14-6-1-2-7-15(14)17(22)20(16)12-19-10-9-18(23)8-4-3-5-13(18)11-19/h1-2,6-7,13,23H,3-5,8-12H2. The highest BCUT2D eigenvalue weighted by Crippen LogP contribution is 2.40. The summed E-state index contributed by atoms with van der Waals surface area (Å²) in [6.45, 7) is 1.84. The number of aliphatic hydroxyl groups is 1. The summed E-state index contributed by atoms with van der Waals surface area (Å²) in [6, 6.07) is 7.00. The Morgan fingerprint density at radius 3 is 2.48 bits per heavy atom. The molecule has 3 aliphatic rings. The molecule has 2 fully saturated rings. The summed E-state index contributed by atoms with van der Waals surface area (Å²) in [5.41, 5.74) is 0.476. The Kier molecular flexibility index (Phi) is 3.50. The molecule has 0 bridgehead atoms. The van der Waals surface area contributed by atoms with Crippen molar-refractivity contribution in [1.82, 2.24) is 9.80 Å². The molecular weight excluding hydrogens is 292 g/mol. The number of amides is 2. The van der Waals surface area contributed by atoms with Crippen molar-refractivity contribution in [3.8, 4) is 0 Å². The second-order valence-electron chi connectivity index (χ2n) is 7.10. The van der Waals surface area contributed by atoms with Crippen molar-refractivity contribution in [1.29, 1.82) is 0 Å². The number of piperidine rings is 1. The van der Waals surface area contributed by atoms with Gasteiger partial charge in [0.25, 0.3) is 11.8 Å². The predicted octanol–water partition coefficient (Wildman–Crippen LogP) is 1.87. The molecule has 1 N–H and O–H groups in total. The Morgan fingerprint density at radius 1 is 1.09 bits per heavy atom. The van der Waals surface area contributed by atoms with Crippen LogP contribution >= 0.6 is 0 Å². The van der Waals surface area contributed by atoms with Crippen LogP contribution in [0.15, 0.2) is 24.3 Å². The van der Waals surface area contributed by atoms with Gasteiger partial charge in [-0.05, 0) is 31.4 Å². The predicted molar refractivity (Wildman–Crippen MR) is 84.9 cm³/mol. The highest BCUT2D eigenvalue weighted by Gasteiger charge is 2.44. The van der Waals surface area contributed by atoms with Gasteiger partial charge in [-0.1, -0.05) is 25.0 Å². The number of fused-ring (bicyclic) bond motifs is 2. The van der Waals surface area contributed by atoms with Gasteiger partial charge in [-0.2, -0.15) is 0 Å². The molecule has 0 radical (unpaired) electrons. The van der Waals surface area contributed by atoms with Crippen molar-refractivity contribution >= 4 is 11.8 Å². The van der Waals surface area contributed by atoms with E-state index in [-0.39, 0.29) is 17.7 Å². The molecule has 2 aliphatic heterocycles. The number of nitrogens with zero attached hydrogens (tertiary/aromatic N) is 2. The van der Waals surface area contributed by atoms with E-state index in [0.29, 0.717) is 17.8 Å². The van der Waals surface area contributed by atoms with E-state index >= 15 is 0 Å². The van der Waals surface area contributed by atoms with Crippen LogP contribution in [0.4, 0.5) is 0 Å². The molecule has 2 heterocycles. The van der Waals surface area contributed by atoms with E-state index in [1.807, 2.05) is 0 Å². The Morgan fingerprint density at radius 2 is 1.78 bits per heavy atom. The first-order chi connectivity index (χ1) is 11.1. The lowest BCUT2D eigenvalue weighted by Gasteiger charge is -2.47. The normalized spacial score (nSPS) is 31.2. The zero-order valence-electron chi connectivity index (χ0n) is 13.2. The first-order valence-corrected chi connectivity index (χ1v) is 8.48. The molecule has 1 aromatic carbocycles. The monoisotopic (exact) mass is 314 g/mol. The summed E-state index contributed by atoms with van der Waals surface area (Å²) >= 11 is 0. The number of likely N-dealkylation sites (tertiary alicyclic amines) is 1. The molecule has 1 aromatic rings. The Labute approximate surface area is 135 Å². The van der Waals surface area contributed by atoms with Crippen molar-refractivity contribution in [2.24, 2.45) is 5.92 Å². The molecule has 1 saturated carbocycles. The molecule has 0 aromatic heterocycles. The fourth-order valence-corrected chi connectivity index (χ4v) is 4.34. The summed E-state index contributed by atoms with van der Waals surface area (Å²) in [7, 11) is 0. The van der Waals surface area contributed by atoms with Crippen LogP contribution in [0.2, 0.25) is 0 Å². The van der Waals surface area contributed by atoms with Crippen LogP contribution < -0.4 is 0 Å². The second-order valence-corrected chi connectivity index (χ2v) is 7.10. The summed E-state index contributed by atoms with van der Waals surface area (Å²) in [5, 5.41) is 10.7. The number of carbonyl (C=O) groups is 2. The van der Waals surface area contributed by atoms with E-state index in [0.717, 1.165) is 45.2 Å². The fraction of sp³-hybridized carbons (Fsp3) is 0.556. The maximum atomic E-state index is 12.5. The van der Waals surface area contributed by atoms with Gasteiger partial charge < -0.3 is 5.11 Å². The molecule has 2 atom stereocenters. The summed E-state index contributed by atoms with van der Waals surface area (Å²) in [6.07, 6.45) is 4.92. The second kappa shape index (κ2) is 5.42. The largest absolute Gasteiger partial charge is 0.390 e. The van der Waals surface area contributed by atoms with Gasteiger partial charge in [-0.3, -0.25) is 19.4 Å². The van der Waals surface area contributed by atoms with E-state index in [2.05, 4.69) is 4.90 Å². The third-order valence-corrected chi connectivity index (χ3v) is 5.73. The number of benzene rings is 1. The molecule has 2 amide bonds. The van der Waals surface area contributed by atoms with Crippen LogP contribution in [0, 0.1) is 5.92 Å². The van der Waals surface area contributed by atoms with Crippen LogP contribution in [0.1, 0.15) is 52.8 Å². The topological polar surface area (TPSA) is 60.9 Å². The van der Waals surface area contributed by atoms with Crippen LogP contribution in [-0.2, 0) is 0 Å². The van der Waals surface area contributed by atoms with E-state index in [9.17, 15) is 14.7 Å². The molecule has 0 spiro atoms. The van der Waals surface area contributed by atoms with Crippen molar-refractivity contribution in [3.63, 3.8) is 0 Å². The lowest BCUT2D eigenvalue weighted by molar-refractivity contribution is -0.0992. The smallest absolute Gasteiger partial charge is 0.262 e. The third-order valence-electron chi connectivity index (χ3n) is 5.73. The molecule has 4 rings (SSSR count). The quantitative estimate of drug-likeness (QED) is 0.847. The molecule has 1 saturated heterocycles. The highest BCUT2D eigenvalue weighted by molar-refractivity contribution is 6.21. The van der Waals surface area contributed by atoms with Gasteiger partial charge in [0.15, 0.2) is 0 Å². The van der Waals surface area contributed by atoms with Gasteiger partial charge in [0.1, 0.15) is 0 Å². The number of hydrogen-bond donors (Lipinski definition) is 1. The fourth-order valence-electron chi connectivity index (χ4n) is 4.34. The third kappa shape index (κ3) is 2.39. The molecule has 2 unspecified atom stereocenters. The number of hydrogen-bond acceptors (Lipinski definition) is 4. The van der Waals surface area contributed by atoms with Crippen molar-refractivity contribution in [3.05, 3.63) is 35.4 Å². The SMILES string of the molecule is O=C1c2ccccc2C(=O)N1CN1CCC2(O)CCCCC2C1. The van der Waals surface area contributed by atoms with E-state index in [1.54, 1.807) is 24.3 Å². The Bertz CT molecular complexity index is 624. The molecule has 5 nitrogen and oxygen atoms in total. The van der Waals surface area contributed by atoms with Crippen molar-refractivity contribution in [2.45, 2.75) is 37.7 Å². The lowest BCUT2D eigenvalue weighted by atomic mass is 9.71. The minimum Gasteiger partial charge on any atom is -0.390 e.